The van der Waals surface area contributed by atoms with E-state index in [0.29, 0.717) is 16.7 Å². The highest BCUT2D eigenvalue weighted by Gasteiger charge is 2.32. The van der Waals surface area contributed by atoms with E-state index in [9.17, 15) is 13.2 Å². The van der Waals surface area contributed by atoms with E-state index in [1.165, 1.54) is 7.11 Å². The molecule has 1 aliphatic rings. The molecule has 2 N–H and O–H groups in total. The van der Waals surface area contributed by atoms with Gasteiger partial charge in [-0.1, -0.05) is 12.1 Å². The highest BCUT2D eigenvalue weighted by atomic mass is 35.5. The van der Waals surface area contributed by atoms with Gasteiger partial charge in [-0.25, -0.2) is 0 Å². The normalized spacial score (nSPS) is 13.1. The summed E-state index contributed by atoms with van der Waals surface area (Å²) in [6.07, 6.45) is 0.959. The first-order valence-electron chi connectivity index (χ1n) is 9.35. The number of methoxy groups -OCH3 is 1. The lowest BCUT2D eigenvalue weighted by Gasteiger charge is -2.15. The number of aromatic nitrogens is 1. The number of benzene rings is 2. The number of carbonyl (C=O) groups excluding carboxylic acids is 1. The zero-order valence-electron chi connectivity index (χ0n) is 17.6. The molecule has 0 radical (unpaired) electrons. The van der Waals surface area contributed by atoms with Gasteiger partial charge in [0.15, 0.2) is 11.5 Å². The second-order valence-electron chi connectivity index (χ2n) is 7.58. The zero-order valence-corrected chi connectivity index (χ0v) is 19.2. The third-order valence-corrected chi connectivity index (χ3v) is 5.45. The summed E-state index contributed by atoms with van der Waals surface area (Å²) in [5.74, 6) is 0.00697. The Morgan fingerprint density at radius 3 is 2.58 bits per heavy atom. The van der Waals surface area contributed by atoms with Gasteiger partial charge in [-0.2, -0.15) is 8.42 Å². The van der Waals surface area contributed by atoms with Crippen LogP contribution in [0.5, 0.6) is 11.5 Å². The molecule has 166 valence electrons. The zero-order chi connectivity index (χ0) is 21.6. The lowest BCUT2D eigenvalue weighted by atomic mass is 9.98. The number of hydrogen-bond donors (Lipinski definition) is 2. The number of halogens is 1. The van der Waals surface area contributed by atoms with E-state index in [-0.39, 0.29) is 36.4 Å². The summed E-state index contributed by atoms with van der Waals surface area (Å²) in [7, 11) is 1.66. The van der Waals surface area contributed by atoms with Crippen LogP contribution in [0.3, 0.4) is 0 Å². The summed E-state index contributed by atoms with van der Waals surface area (Å²) in [6.45, 7) is 0.938. The predicted molar refractivity (Wildman–Crippen MR) is 122 cm³/mol. The molecule has 3 aromatic rings. The minimum atomic E-state index is -3.80. The maximum absolute atomic E-state index is 12.6. The molecule has 0 unspecified atom stereocenters. The van der Waals surface area contributed by atoms with Crippen LogP contribution in [0, 0.1) is 0 Å². The van der Waals surface area contributed by atoms with E-state index in [0.717, 1.165) is 35.0 Å². The van der Waals surface area contributed by atoms with Crippen molar-refractivity contribution in [3.05, 3.63) is 47.0 Å². The van der Waals surface area contributed by atoms with Gasteiger partial charge in [-0.3, -0.25) is 4.79 Å². The second kappa shape index (κ2) is 8.41. The number of amides is 1. The van der Waals surface area contributed by atoms with Crippen molar-refractivity contribution in [3.63, 3.8) is 0 Å². The van der Waals surface area contributed by atoms with Crippen molar-refractivity contribution in [2.24, 2.45) is 0 Å². The van der Waals surface area contributed by atoms with Gasteiger partial charge in [-0.05, 0) is 37.9 Å². The number of carbonyl (C=O) groups is 1. The Labute approximate surface area is 187 Å². The average molecular weight is 466 g/mol. The quantitative estimate of drug-likeness (QED) is 0.543. The van der Waals surface area contributed by atoms with E-state index >= 15 is 0 Å². The number of H-pyrrole nitrogens is 1. The number of aromatic amines is 1. The van der Waals surface area contributed by atoms with Gasteiger partial charge in [0, 0.05) is 40.8 Å². The largest absolute Gasteiger partial charge is 0.493 e. The molecule has 2 heterocycles. The molecule has 0 saturated carbocycles. The number of ether oxygens (including phenoxy) is 1. The van der Waals surface area contributed by atoms with E-state index in [2.05, 4.69) is 21.3 Å². The van der Waals surface area contributed by atoms with Crippen LogP contribution in [0.15, 0.2) is 30.3 Å². The van der Waals surface area contributed by atoms with Crippen molar-refractivity contribution >= 4 is 39.3 Å². The maximum Gasteiger partial charge on any atom is 0.306 e. The second-order valence-corrected chi connectivity index (χ2v) is 9.15. The van der Waals surface area contributed by atoms with Crippen LogP contribution in [0.25, 0.3) is 22.2 Å². The molecule has 0 aliphatic carbocycles. The minimum absolute atomic E-state index is 0. The Balaban J connectivity index is 0.00000272. The first-order valence-corrected chi connectivity index (χ1v) is 11.2. The molecule has 0 saturated heterocycles. The lowest BCUT2D eigenvalue weighted by molar-refractivity contribution is 0.0966. The fraction of sp³-hybridized carbons (Fsp3) is 0.286. The molecule has 2 aromatic carbocycles. The van der Waals surface area contributed by atoms with Gasteiger partial charge in [0.1, 0.15) is 0 Å². The van der Waals surface area contributed by atoms with E-state index in [1.807, 2.05) is 32.3 Å². The molecule has 10 heteroatoms. The molecule has 4 rings (SSSR count). The monoisotopic (exact) mass is 465 g/mol. The van der Waals surface area contributed by atoms with Crippen molar-refractivity contribution in [1.82, 2.24) is 15.2 Å². The topological polar surface area (TPSA) is 101 Å². The van der Waals surface area contributed by atoms with Gasteiger partial charge in [0.25, 0.3) is 5.91 Å². The van der Waals surface area contributed by atoms with Crippen LogP contribution < -0.4 is 14.2 Å². The first-order chi connectivity index (χ1) is 14.2. The van der Waals surface area contributed by atoms with Crippen molar-refractivity contribution in [1.29, 1.82) is 0 Å². The fourth-order valence-electron chi connectivity index (χ4n) is 3.83. The molecule has 0 fully saturated rings. The first kappa shape index (κ1) is 22.9. The van der Waals surface area contributed by atoms with Crippen LogP contribution in [0.1, 0.15) is 21.5 Å². The number of nitrogens with one attached hydrogen (secondary N) is 2. The van der Waals surface area contributed by atoms with Gasteiger partial charge >= 0.3 is 10.1 Å². The lowest BCUT2D eigenvalue weighted by Crippen LogP contribution is -2.13. The number of nitrogens with zero attached hydrogens (tertiary/aromatic N) is 1. The molecule has 0 bridgehead atoms. The molecule has 1 aliphatic heterocycles. The highest BCUT2D eigenvalue weighted by Crippen LogP contribution is 2.43. The molecule has 1 aromatic heterocycles. The van der Waals surface area contributed by atoms with Crippen molar-refractivity contribution < 1.29 is 22.1 Å². The summed E-state index contributed by atoms with van der Waals surface area (Å²) in [5, 5.41) is 3.81. The SMILES string of the molecule is COc1cc(-c2cc3c(CN(C)C)cccc3[nH]2)c2c(c1OS(C)(=O)=O)CNC2=O.Cl. The average Bonchev–Trinajstić information content (AvgIpc) is 3.25. The Bertz CT molecular complexity index is 1270. The summed E-state index contributed by atoms with van der Waals surface area (Å²) >= 11 is 0. The number of hydrogen-bond acceptors (Lipinski definition) is 6. The number of rotatable bonds is 6. The summed E-state index contributed by atoms with van der Waals surface area (Å²) in [6, 6.07) is 9.69. The molecular formula is C21H24ClN3O5S. The van der Waals surface area contributed by atoms with Crippen LogP contribution in [0.2, 0.25) is 0 Å². The molecule has 0 spiro atoms. The Kier molecular flexibility index (Phi) is 6.22. The van der Waals surface area contributed by atoms with Crippen LogP contribution in [-0.2, 0) is 23.2 Å². The van der Waals surface area contributed by atoms with E-state index < -0.39 is 10.1 Å². The molecule has 0 atom stereocenters. The summed E-state index contributed by atoms with van der Waals surface area (Å²) < 4.78 is 34.1. The minimum Gasteiger partial charge on any atom is -0.493 e. The maximum atomic E-state index is 12.6. The van der Waals surface area contributed by atoms with Gasteiger partial charge < -0.3 is 24.1 Å². The van der Waals surface area contributed by atoms with Gasteiger partial charge in [0.2, 0.25) is 0 Å². The smallest absolute Gasteiger partial charge is 0.306 e. The molecule has 31 heavy (non-hydrogen) atoms. The predicted octanol–water partition coefficient (Wildman–Crippen LogP) is 2.91. The summed E-state index contributed by atoms with van der Waals surface area (Å²) in [5.41, 5.74) is 4.33. The van der Waals surface area contributed by atoms with Gasteiger partial charge in [0.05, 0.1) is 18.9 Å². The van der Waals surface area contributed by atoms with Crippen molar-refractivity contribution in [3.8, 4) is 22.8 Å². The Hall–Kier alpha value is -2.75. The standard InChI is InChI=1S/C21H23N3O5S.ClH/c1-24(2)11-12-6-5-7-16-13(12)8-17(23-16)14-9-18(28-3)20(29-30(4,26)27)15-10-22-21(25)19(14)15;/h5-9,23H,10-11H2,1-4H3,(H,22,25);1H. The molecule has 1 amide bonds. The Morgan fingerprint density at radius 1 is 1.19 bits per heavy atom. The number of fused-ring (bicyclic) bond motifs is 2. The highest BCUT2D eigenvalue weighted by molar-refractivity contribution is 7.86. The third kappa shape index (κ3) is 4.34. The van der Waals surface area contributed by atoms with E-state index in [4.69, 9.17) is 8.92 Å². The molecular weight excluding hydrogens is 442 g/mol. The van der Waals surface area contributed by atoms with Gasteiger partial charge in [-0.15, -0.1) is 12.4 Å². The van der Waals surface area contributed by atoms with Crippen LogP contribution in [-0.4, -0.2) is 51.7 Å². The van der Waals surface area contributed by atoms with Crippen molar-refractivity contribution in [2.45, 2.75) is 13.1 Å². The summed E-state index contributed by atoms with van der Waals surface area (Å²) in [4.78, 5) is 18.1. The van der Waals surface area contributed by atoms with E-state index in [1.54, 1.807) is 6.07 Å². The fourth-order valence-corrected chi connectivity index (χ4v) is 4.31. The van der Waals surface area contributed by atoms with Crippen LogP contribution >= 0.6 is 12.4 Å². The third-order valence-electron chi connectivity index (χ3n) is 4.98. The molecule has 8 nitrogen and oxygen atoms in total. The Morgan fingerprint density at radius 2 is 1.94 bits per heavy atom. The van der Waals surface area contributed by atoms with Crippen molar-refractivity contribution in [2.75, 3.05) is 27.5 Å². The van der Waals surface area contributed by atoms with Crippen LogP contribution in [0.4, 0.5) is 0 Å².